The molecule has 0 fully saturated rings. The maximum atomic E-state index is 11.9. The van der Waals surface area contributed by atoms with Gasteiger partial charge in [0, 0.05) is 13.7 Å². The van der Waals surface area contributed by atoms with Crippen molar-refractivity contribution in [2.45, 2.75) is 4.90 Å². The van der Waals surface area contributed by atoms with Crippen molar-refractivity contribution < 1.29 is 22.7 Å². The number of methoxy groups -OCH3 is 2. The van der Waals surface area contributed by atoms with Crippen LogP contribution in [-0.2, 0) is 19.5 Å². The first kappa shape index (κ1) is 15.4. The maximum Gasteiger partial charge on any atom is 0.349 e. The van der Waals surface area contributed by atoms with Gasteiger partial charge in [0.1, 0.15) is 9.77 Å². The SMILES string of the molecule is COCCNS(=O)(=O)c1cc(Cl)sc1C(=O)OC. The van der Waals surface area contributed by atoms with Gasteiger partial charge in [-0.25, -0.2) is 17.9 Å². The highest BCUT2D eigenvalue weighted by Crippen LogP contribution is 2.30. The molecule has 1 aromatic rings. The van der Waals surface area contributed by atoms with Gasteiger partial charge in [-0.1, -0.05) is 11.6 Å². The summed E-state index contributed by atoms with van der Waals surface area (Å²) in [6.07, 6.45) is 0. The molecule has 0 aliphatic heterocycles. The van der Waals surface area contributed by atoms with Gasteiger partial charge in [-0.2, -0.15) is 0 Å². The van der Waals surface area contributed by atoms with Gasteiger partial charge in [0.15, 0.2) is 0 Å². The van der Waals surface area contributed by atoms with Crippen LogP contribution >= 0.6 is 22.9 Å². The van der Waals surface area contributed by atoms with Crippen molar-refractivity contribution in [3.63, 3.8) is 0 Å². The van der Waals surface area contributed by atoms with E-state index in [9.17, 15) is 13.2 Å². The highest BCUT2D eigenvalue weighted by atomic mass is 35.5. The van der Waals surface area contributed by atoms with E-state index in [-0.39, 0.29) is 27.3 Å². The predicted molar refractivity (Wildman–Crippen MR) is 67.7 cm³/mol. The molecule has 0 aliphatic carbocycles. The summed E-state index contributed by atoms with van der Waals surface area (Å²) >= 11 is 6.58. The summed E-state index contributed by atoms with van der Waals surface area (Å²) in [6.45, 7) is 0.331. The van der Waals surface area contributed by atoms with Crippen LogP contribution in [0.3, 0.4) is 0 Å². The van der Waals surface area contributed by atoms with E-state index in [0.29, 0.717) is 0 Å². The third-order valence-corrected chi connectivity index (χ3v) is 4.79. The number of hydrogen-bond acceptors (Lipinski definition) is 6. The second-order valence-corrected chi connectivity index (χ2v) is 6.54. The fourth-order valence-electron chi connectivity index (χ4n) is 1.14. The van der Waals surface area contributed by atoms with Crippen molar-refractivity contribution in [1.82, 2.24) is 4.72 Å². The molecular weight excluding hydrogens is 302 g/mol. The maximum absolute atomic E-state index is 11.9. The van der Waals surface area contributed by atoms with E-state index in [0.717, 1.165) is 11.3 Å². The number of esters is 1. The smallest absolute Gasteiger partial charge is 0.349 e. The van der Waals surface area contributed by atoms with Gasteiger partial charge in [0.25, 0.3) is 0 Å². The van der Waals surface area contributed by atoms with Gasteiger partial charge >= 0.3 is 5.97 Å². The minimum Gasteiger partial charge on any atom is -0.465 e. The lowest BCUT2D eigenvalue weighted by molar-refractivity contribution is 0.0602. The average molecular weight is 314 g/mol. The molecule has 0 aliphatic rings. The van der Waals surface area contributed by atoms with Gasteiger partial charge in [-0.05, 0) is 6.07 Å². The number of carbonyl (C=O) groups excluding carboxylic acids is 1. The molecule has 6 nitrogen and oxygen atoms in total. The van der Waals surface area contributed by atoms with Crippen LogP contribution in [0.2, 0.25) is 4.34 Å². The molecule has 0 aromatic carbocycles. The molecule has 0 saturated heterocycles. The van der Waals surface area contributed by atoms with Crippen molar-refractivity contribution >= 4 is 38.9 Å². The van der Waals surface area contributed by atoms with Crippen molar-refractivity contribution in [3.8, 4) is 0 Å². The molecule has 9 heteroatoms. The van der Waals surface area contributed by atoms with Crippen LogP contribution in [0.4, 0.5) is 0 Å². The highest BCUT2D eigenvalue weighted by Gasteiger charge is 2.26. The lowest BCUT2D eigenvalue weighted by atomic mass is 10.5. The Kier molecular flexibility index (Phi) is 5.54. The van der Waals surface area contributed by atoms with E-state index in [2.05, 4.69) is 9.46 Å². The lowest BCUT2D eigenvalue weighted by Gasteiger charge is -2.06. The molecule has 1 rings (SSSR count). The van der Waals surface area contributed by atoms with Gasteiger partial charge in [-0.3, -0.25) is 0 Å². The zero-order valence-electron chi connectivity index (χ0n) is 9.73. The van der Waals surface area contributed by atoms with E-state index >= 15 is 0 Å². The standard InChI is InChI=1S/C9H12ClNO5S2/c1-15-4-3-11-18(13,14)6-5-7(10)17-8(6)9(12)16-2/h5,11H,3-4H2,1-2H3. The van der Waals surface area contributed by atoms with Crippen LogP contribution in [0.5, 0.6) is 0 Å². The van der Waals surface area contributed by atoms with Gasteiger partial charge < -0.3 is 9.47 Å². The number of halogens is 1. The minimum absolute atomic E-state index is 0.0487. The molecule has 1 N–H and O–H groups in total. The van der Waals surface area contributed by atoms with Crippen LogP contribution in [0.15, 0.2) is 11.0 Å². The summed E-state index contributed by atoms with van der Waals surface area (Å²) in [7, 11) is -1.18. The Bertz CT molecular complexity index is 525. The Balaban J connectivity index is 3.04. The topological polar surface area (TPSA) is 81.7 Å². The summed E-state index contributed by atoms with van der Waals surface area (Å²) in [5, 5.41) is 0. The second-order valence-electron chi connectivity index (χ2n) is 3.13. The molecule has 0 amide bonds. The largest absolute Gasteiger partial charge is 0.465 e. The number of rotatable bonds is 6. The van der Waals surface area contributed by atoms with E-state index in [1.54, 1.807) is 0 Å². The molecule has 0 radical (unpaired) electrons. The molecule has 0 spiro atoms. The average Bonchev–Trinajstić information content (AvgIpc) is 2.71. The van der Waals surface area contributed by atoms with Crippen molar-refractivity contribution in [2.75, 3.05) is 27.4 Å². The number of nitrogens with one attached hydrogen (secondary N) is 1. The Morgan fingerprint density at radius 1 is 1.50 bits per heavy atom. The first-order valence-corrected chi connectivity index (χ1v) is 7.46. The Hall–Kier alpha value is -0.670. The lowest BCUT2D eigenvalue weighted by Crippen LogP contribution is -2.28. The zero-order valence-corrected chi connectivity index (χ0v) is 12.1. The highest BCUT2D eigenvalue weighted by molar-refractivity contribution is 7.89. The monoisotopic (exact) mass is 313 g/mol. The summed E-state index contributed by atoms with van der Waals surface area (Å²) in [6, 6.07) is 1.22. The van der Waals surface area contributed by atoms with Crippen LogP contribution in [-0.4, -0.2) is 41.8 Å². The van der Waals surface area contributed by atoms with Crippen LogP contribution in [0.1, 0.15) is 9.67 Å². The normalized spacial score (nSPS) is 11.5. The summed E-state index contributed by atoms with van der Waals surface area (Å²) in [5.74, 6) is -0.737. The summed E-state index contributed by atoms with van der Waals surface area (Å²) in [5.41, 5.74) is 0. The number of carbonyl (C=O) groups is 1. The third kappa shape index (κ3) is 3.66. The first-order valence-electron chi connectivity index (χ1n) is 4.78. The second kappa shape index (κ2) is 6.48. The number of hydrogen-bond donors (Lipinski definition) is 1. The Labute approximate surface area is 114 Å². The molecule has 1 aromatic heterocycles. The Morgan fingerprint density at radius 3 is 2.72 bits per heavy atom. The molecule has 0 bridgehead atoms. The van der Waals surface area contributed by atoms with Crippen LogP contribution in [0.25, 0.3) is 0 Å². The molecule has 0 atom stereocenters. The first-order chi connectivity index (χ1) is 8.42. The molecule has 0 saturated carbocycles. The predicted octanol–water partition coefficient (Wildman–Crippen LogP) is 1.11. The quantitative estimate of drug-likeness (QED) is 0.628. The van der Waals surface area contributed by atoms with E-state index in [1.165, 1.54) is 20.3 Å². The number of ether oxygens (including phenoxy) is 2. The number of thiophene rings is 1. The molecule has 102 valence electrons. The van der Waals surface area contributed by atoms with Crippen molar-refractivity contribution in [3.05, 3.63) is 15.3 Å². The minimum atomic E-state index is -3.80. The molecule has 1 heterocycles. The molecular formula is C9H12ClNO5S2. The van der Waals surface area contributed by atoms with Crippen molar-refractivity contribution in [1.29, 1.82) is 0 Å². The van der Waals surface area contributed by atoms with E-state index in [1.807, 2.05) is 0 Å². The van der Waals surface area contributed by atoms with Gasteiger partial charge in [0.05, 0.1) is 18.1 Å². The van der Waals surface area contributed by atoms with E-state index < -0.39 is 16.0 Å². The molecule has 0 unspecified atom stereocenters. The van der Waals surface area contributed by atoms with Crippen LogP contribution < -0.4 is 4.72 Å². The fraction of sp³-hybridized carbons (Fsp3) is 0.444. The van der Waals surface area contributed by atoms with Crippen molar-refractivity contribution in [2.24, 2.45) is 0 Å². The number of sulfonamides is 1. The summed E-state index contributed by atoms with van der Waals surface area (Å²) in [4.78, 5) is 11.2. The third-order valence-electron chi connectivity index (χ3n) is 1.93. The Morgan fingerprint density at radius 2 is 2.17 bits per heavy atom. The van der Waals surface area contributed by atoms with E-state index in [4.69, 9.17) is 16.3 Å². The fourth-order valence-corrected chi connectivity index (χ4v) is 3.88. The van der Waals surface area contributed by atoms with Gasteiger partial charge in [-0.15, -0.1) is 11.3 Å². The van der Waals surface area contributed by atoms with Crippen LogP contribution in [0, 0.1) is 0 Å². The van der Waals surface area contributed by atoms with Gasteiger partial charge in [0.2, 0.25) is 10.0 Å². The molecule has 18 heavy (non-hydrogen) atoms. The summed E-state index contributed by atoms with van der Waals surface area (Å²) < 4.78 is 35.6. The zero-order chi connectivity index (χ0) is 13.8.